The summed E-state index contributed by atoms with van der Waals surface area (Å²) in [6.45, 7) is 22.9. The smallest absolute Gasteiger partial charge is 0.192 e. The summed E-state index contributed by atoms with van der Waals surface area (Å²) in [5.74, 6) is -1.09. The van der Waals surface area contributed by atoms with Gasteiger partial charge in [-0.05, 0) is 55.9 Å². The quantitative estimate of drug-likeness (QED) is 0.224. The maximum atomic E-state index is 13.2. The Morgan fingerprint density at radius 3 is 2.14 bits per heavy atom. The molecule has 242 valence electrons. The Balaban J connectivity index is 1.67. The Kier molecular flexibility index (Phi) is 9.13. The molecular weight excluding hydrogens is 581 g/mol. The molecule has 5 nitrogen and oxygen atoms in total. The van der Waals surface area contributed by atoms with Gasteiger partial charge in [0.1, 0.15) is 23.4 Å². The molecule has 0 unspecified atom stereocenters. The summed E-state index contributed by atoms with van der Waals surface area (Å²) in [6, 6.07) is 21.3. The van der Waals surface area contributed by atoms with E-state index in [0.717, 1.165) is 18.4 Å². The van der Waals surface area contributed by atoms with Gasteiger partial charge in [-0.2, -0.15) is 0 Å². The minimum Gasteiger partial charge on any atom is -0.411 e. The Labute approximate surface area is 268 Å². The second-order valence-corrected chi connectivity index (χ2v) is 25.5. The number of allylic oxidation sites excluding steroid dienone is 1. The van der Waals surface area contributed by atoms with Gasteiger partial charge < -0.3 is 23.7 Å². The van der Waals surface area contributed by atoms with E-state index in [4.69, 9.17) is 18.6 Å². The molecule has 1 N–H and O–H groups in total. The molecule has 2 aromatic rings. The maximum Gasteiger partial charge on any atom is 0.192 e. The number of hydrogen-bond acceptors (Lipinski definition) is 5. The van der Waals surface area contributed by atoms with Crippen LogP contribution in [0, 0.1) is 5.92 Å². The molecule has 44 heavy (non-hydrogen) atoms. The van der Waals surface area contributed by atoms with Crippen LogP contribution in [0.3, 0.4) is 0 Å². The fourth-order valence-corrected chi connectivity index (χ4v) is 12.0. The molecular formula is C37H56O5Si2. The molecule has 0 amide bonds. The summed E-state index contributed by atoms with van der Waals surface area (Å²) in [5, 5.41) is 14.6. The van der Waals surface area contributed by atoms with E-state index < -0.39 is 45.6 Å². The summed E-state index contributed by atoms with van der Waals surface area (Å²) >= 11 is 0. The molecule has 7 atom stereocenters. The van der Waals surface area contributed by atoms with Gasteiger partial charge in [-0.15, -0.1) is 0 Å². The van der Waals surface area contributed by atoms with E-state index in [0.29, 0.717) is 18.6 Å². The highest BCUT2D eigenvalue weighted by Gasteiger charge is 2.74. The minimum atomic E-state index is -2.31. The van der Waals surface area contributed by atoms with Crippen LogP contribution in [0.15, 0.2) is 72.8 Å². The van der Waals surface area contributed by atoms with Crippen LogP contribution in [-0.2, 0) is 25.2 Å². The SMILES string of the molecule is CCC[C@@]12OC(C)(C)O[C@@H]1[C@@H](OCc1ccccc1)[C@H](O[Si](C)(C)C(C)(C)C)[C@@H]1C[C@@H]([Si](C)(C)c3ccccc3)C=C[C@@]12O. The summed E-state index contributed by atoms with van der Waals surface area (Å²) in [5.41, 5.74) is -0.790. The molecule has 1 aliphatic heterocycles. The van der Waals surface area contributed by atoms with Crippen molar-refractivity contribution < 1.29 is 23.7 Å². The van der Waals surface area contributed by atoms with Gasteiger partial charge in [0, 0.05) is 5.92 Å². The van der Waals surface area contributed by atoms with Gasteiger partial charge in [0.2, 0.25) is 0 Å². The Morgan fingerprint density at radius 2 is 1.55 bits per heavy atom. The minimum absolute atomic E-state index is 0.0126. The number of rotatable bonds is 9. The van der Waals surface area contributed by atoms with Crippen molar-refractivity contribution in [1.29, 1.82) is 0 Å². The fourth-order valence-electron chi connectivity index (χ4n) is 7.72. The molecule has 0 radical (unpaired) electrons. The number of aliphatic hydroxyl groups is 1. The lowest BCUT2D eigenvalue weighted by atomic mass is 9.57. The molecule has 0 bridgehead atoms. The highest BCUT2D eigenvalue weighted by Crippen LogP contribution is 2.60. The molecule has 0 aromatic heterocycles. The van der Waals surface area contributed by atoms with Crippen molar-refractivity contribution in [1.82, 2.24) is 0 Å². The van der Waals surface area contributed by atoms with Crippen molar-refractivity contribution >= 4 is 21.6 Å². The van der Waals surface area contributed by atoms with Crippen molar-refractivity contribution in [2.45, 2.75) is 139 Å². The summed E-state index contributed by atoms with van der Waals surface area (Å²) in [7, 11) is -4.27. The third-order valence-corrected chi connectivity index (χ3v) is 19.8. The van der Waals surface area contributed by atoms with Crippen molar-refractivity contribution in [3.63, 3.8) is 0 Å². The van der Waals surface area contributed by atoms with Gasteiger partial charge in [0.25, 0.3) is 0 Å². The molecule has 1 saturated heterocycles. The second kappa shape index (κ2) is 11.9. The van der Waals surface area contributed by atoms with Crippen molar-refractivity contribution in [3.05, 3.63) is 78.4 Å². The fraction of sp³-hybridized carbons (Fsp3) is 0.622. The van der Waals surface area contributed by atoms with E-state index >= 15 is 0 Å². The van der Waals surface area contributed by atoms with E-state index in [9.17, 15) is 5.11 Å². The predicted octanol–water partition coefficient (Wildman–Crippen LogP) is 7.96. The molecule has 5 rings (SSSR count). The number of benzene rings is 2. The molecule has 1 saturated carbocycles. The van der Waals surface area contributed by atoms with Gasteiger partial charge in [-0.1, -0.05) is 125 Å². The van der Waals surface area contributed by atoms with E-state index in [-0.39, 0.29) is 17.1 Å². The Hall–Kier alpha value is -1.59. The lowest BCUT2D eigenvalue weighted by Crippen LogP contribution is -2.76. The average Bonchev–Trinajstić information content (AvgIpc) is 3.24. The molecule has 2 aliphatic carbocycles. The zero-order chi connectivity index (χ0) is 32.2. The monoisotopic (exact) mass is 636 g/mol. The van der Waals surface area contributed by atoms with Crippen LogP contribution in [0.1, 0.15) is 66.4 Å². The number of fused-ring (bicyclic) bond motifs is 3. The first kappa shape index (κ1) is 33.8. The van der Waals surface area contributed by atoms with E-state index in [1.165, 1.54) is 5.19 Å². The normalized spacial score (nSPS) is 33.6. The largest absolute Gasteiger partial charge is 0.411 e. The molecule has 3 aliphatic rings. The first-order valence-electron chi connectivity index (χ1n) is 16.7. The zero-order valence-electron chi connectivity index (χ0n) is 28.7. The van der Waals surface area contributed by atoms with Crippen LogP contribution in [0.4, 0.5) is 0 Å². The molecule has 7 heteroatoms. The van der Waals surface area contributed by atoms with E-state index in [1.807, 2.05) is 19.9 Å². The topological polar surface area (TPSA) is 57.2 Å². The van der Waals surface area contributed by atoms with Crippen LogP contribution < -0.4 is 5.19 Å². The summed E-state index contributed by atoms with van der Waals surface area (Å²) in [6.07, 6.45) is 5.50. The number of hydrogen-bond donors (Lipinski definition) is 1. The molecule has 2 fully saturated rings. The van der Waals surface area contributed by atoms with Crippen LogP contribution in [0.2, 0.25) is 36.8 Å². The second-order valence-electron chi connectivity index (χ2n) is 16.0. The maximum absolute atomic E-state index is 13.2. The van der Waals surface area contributed by atoms with E-state index in [2.05, 4.69) is 121 Å². The van der Waals surface area contributed by atoms with Gasteiger partial charge in [-0.3, -0.25) is 0 Å². The summed E-state index contributed by atoms with van der Waals surface area (Å²) in [4.78, 5) is 0. The van der Waals surface area contributed by atoms with Gasteiger partial charge >= 0.3 is 0 Å². The number of ether oxygens (including phenoxy) is 3. The highest BCUT2D eigenvalue weighted by molar-refractivity contribution is 6.91. The Morgan fingerprint density at radius 1 is 0.932 bits per heavy atom. The van der Waals surface area contributed by atoms with E-state index in [1.54, 1.807) is 0 Å². The van der Waals surface area contributed by atoms with Gasteiger partial charge in [0.15, 0.2) is 14.1 Å². The van der Waals surface area contributed by atoms with Crippen molar-refractivity contribution in [2.24, 2.45) is 5.92 Å². The molecule has 2 aromatic carbocycles. The van der Waals surface area contributed by atoms with Gasteiger partial charge in [0.05, 0.1) is 20.8 Å². The first-order valence-corrected chi connectivity index (χ1v) is 22.6. The van der Waals surface area contributed by atoms with Gasteiger partial charge in [-0.25, -0.2) is 0 Å². The lowest BCUT2D eigenvalue weighted by molar-refractivity contribution is -0.262. The molecule has 1 heterocycles. The summed E-state index contributed by atoms with van der Waals surface area (Å²) < 4.78 is 28.2. The zero-order valence-corrected chi connectivity index (χ0v) is 30.7. The van der Waals surface area contributed by atoms with Crippen LogP contribution in [0.5, 0.6) is 0 Å². The van der Waals surface area contributed by atoms with Crippen LogP contribution in [-0.4, -0.2) is 56.8 Å². The standard InChI is InChI=1S/C37H56O5Si2/c1-11-23-37-33(40-35(5,6)42-37)32(39-26-27-18-14-12-15-19-27)31(41-44(9,10)34(2,3)4)30-25-29(22-24-36(30,37)38)43(7,8)28-20-16-13-17-21-28/h12-22,24,29-33,38H,11,23,25-26H2,1-10H3/t29-,30-,31+,32-,33+,36+,37+/m0/s1. The first-order chi connectivity index (χ1) is 20.5. The van der Waals surface area contributed by atoms with Crippen molar-refractivity contribution in [3.8, 4) is 0 Å². The predicted molar refractivity (Wildman–Crippen MR) is 184 cm³/mol. The highest BCUT2D eigenvalue weighted by atomic mass is 28.4. The lowest BCUT2D eigenvalue weighted by Gasteiger charge is -2.61. The average molecular weight is 637 g/mol. The third-order valence-electron chi connectivity index (χ3n) is 11.2. The van der Waals surface area contributed by atoms with Crippen molar-refractivity contribution in [2.75, 3.05) is 0 Å². The van der Waals surface area contributed by atoms with Crippen LogP contribution >= 0.6 is 0 Å². The Bertz CT molecular complexity index is 1300. The molecule has 0 spiro atoms. The third kappa shape index (κ3) is 5.87. The van der Waals surface area contributed by atoms with Crippen LogP contribution in [0.25, 0.3) is 0 Å².